The fraction of sp³-hybridized carbons (Fsp3) is 0.455. The van der Waals surface area contributed by atoms with Crippen molar-refractivity contribution in [2.24, 2.45) is 0 Å². The Morgan fingerprint density at radius 2 is 1.80 bits per heavy atom. The SMILES string of the molecule is Fc1cc([C@H]2CCCNC2)cc(F)c1F. The van der Waals surface area contributed by atoms with E-state index in [0.717, 1.165) is 31.5 Å². The van der Waals surface area contributed by atoms with Gasteiger partial charge < -0.3 is 5.32 Å². The lowest BCUT2D eigenvalue weighted by Crippen LogP contribution is -2.28. The van der Waals surface area contributed by atoms with E-state index < -0.39 is 17.5 Å². The van der Waals surface area contributed by atoms with Crippen LogP contribution < -0.4 is 5.32 Å². The van der Waals surface area contributed by atoms with Crippen molar-refractivity contribution in [3.8, 4) is 0 Å². The van der Waals surface area contributed by atoms with Crippen LogP contribution in [0.4, 0.5) is 13.2 Å². The quantitative estimate of drug-likeness (QED) is 0.710. The van der Waals surface area contributed by atoms with E-state index in [1.807, 2.05) is 0 Å². The van der Waals surface area contributed by atoms with Gasteiger partial charge in [0.2, 0.25) is 0 Å². The number of hydrogen-bond donors (Lipinski definition) is 1. The Hall–Kier alpha value is -1.03. The molecule has 1 fully saturated rings. The first-order valence-corrected chi connectivity index (χ1v) is 5.03. The first-order chi connectivity index (χ1) is 7.18. The van der Waals surface area contributed by atoms with E-state index in [2.05, 4.69) is 5.32 Å². The summed E-state index contributed by atoms with van der Waals surface area (Å²) < 4.78 is 38.6. The number of benzene rings is 1. The molecular formula is C11H12F3N. The Labute approximate surface area is 86.3 Å². The normalized spacial score (nSPS) is 21.7. The van der Waals surface area contributed by atoms with Gasteiger partial charge in [0.1, 0.15) is 0 Å². The fourth-order valence-electron chi connectivity index (χ4n) is 1.95. The standard InChI is InChI=1S/C11H12F3N/c12-9-4-8(5-10(13)11(9)14)7-2-1-3-15-6-7/h4-5,7,15H,1-3,6H2/t7-/m0/s1. The lowest BCUT2D eigenvalue weighted by Gasteiger charge is -2.23. The largest absolute Gasteiger partial charge is 0.316 e. The average Bonchev–Trinajstić information content (AvgIpc) is 2.26. The Balaban J connectivity index is 2.27. The Morgan fingerprint density at radius 1 is 1.13 bits per heavy atom. The summed E-state index contributed by atoms with van der Waals surface area (Å²) in [4.78, 5) is 0. The van der Waals surface area contributed by atoms with Crippen LogP contribution >= 0.6 is 0 Å². The highest BCUT2D eigenvalue weighted by molar-refractivity contribution is 5.23. The highest BCUT2D eigenvalue weighted by atomic mass is 19.2. The fourth-order valence-corrected chi connectivity index (χ4v) is 1.95. The maximum atomic E-state index is 13.0. The van der Waals surface area contributed by atoms with Crippen molar-refractivity contribution in [1.82, 2.24) is 5.32 Å². The van der Waals surface area contributed by atoms with Crippen molar-refractivity contribution >= 4 is 0 Å². The minimum Gasteiger partial charge on any atom is -0.316 e. The third-order valence-electron chi connectivity index (χ3n) is 2.77. The van der Waals surface area contributed by atoms with Crippen LogP contribution in [0.2, 0.25) is 0 Å². The van der Waals surface area contributed by atoms with Gasteiger partial charge in [0.15, 0.2) is 17.5 Å². The molecular weight excluding hydrogens is 203 g/mol. The van der Waals surface area contributed by atoms with Gasteiger partial charge in [-0.1, -0.05) is 0 Å². The minimum absolute atomic E-state index is 0.0864. The maximum absolute atomic E-state index is 13.0. The van der Waals surface area contributed by atoms with E-state index >= 15 is 0 Å². The molecule has 1 heterocycles. The molecule has 1 aromatic carbocycles. The average molecular weight is 215 g/mol. The minimum atomic E-state index is -1.39. The Morgan fingerprint density at radius 3 is 2.33 bits per heavy atom. The highest BCUT2D eigenvalue weighted by Gasteiger charge is 2.19. The van der Waals surface area contributed by atoms with E-state index in [4.69, 9.17) is 0 Å². The van der Waals surface area contributed by atoms with Crippen molar-refractivity contribution in [3.63, 3.8) is 0 Å². The molecule has 15 heavy (non-hydrogen) atoms. The summed E-state index contributed by atoms with van der Waals surface area (Å²) >= 11 is 0. The number of halogens is 3. The summed E-state index contributed by atoms with van der Waals surface area (Å²) in [5.74, 6) is -3.50. The van der Waals surface area contributed by atoms with Crippen LogP contribution in [0.1, 0.15) is 24.3 Å². The summed E-state index contributed by atoms with van der Waals surface area (Å²) in [6, 6.07) is 2.19. The van der Waals surface area contributed by atoms with Crippen LogP contribution in [0.15, 0.2) is 12.1 Å². The van der Waals surface area contributed by atoms with Crippen molar-refractivity contribution in [3.05, 3.63) is 35.1 Å². The van der Waals surface area contributed by atoms with E-state index in [0.29, 0.717) is 12.1 Å². The second-order valence-corrected chi connectivity index (χ2v) is 3.84. The summed E-state index contributed by atoms with van der Waals surface area (Å²) in [5, 5.41) is 3.15. The number of hydrogen-bond acceptors (Lipinski definition) is 1. The molecule has 0 amide bonds. The molecule has 0 spiro atoms. The third-order valence-corrected chi connectivity index (χ3v) is 2.77. The zero-order chi connectivity index (χ0) is 10.8. The molecule has 0 saturated carbocycles. The zero-order valence-electron chi connectivity index (χ0n) is 8.19. The van der Waals surface area contributed by atoms with Crippen molar-refractivity contribution < 1.29 is 13.2 Å². The molecule has 82 valence electrons. The summed E-state index contributed by atoms with van der Waals surface area (Å²) in [6.45, 7) is 1.63. The van der Waals surface area contributed by atoms with Gasteiger partial charge in [-0.15, -0.1) is 0 Å². The van der Waals surface area contributed by atoms with Gasteiger partial charge in [-0.25, -0.2) is 13.2 Å². The van der Waals surface area contributed by atoms with Crippen molar-refractivity contribution in [2.75, 3.05) is 13.1 Å². The first-order valence-electron chi connectivity index (χ1n) is 5.03. The van der Waals surface area contributed by atoms with Gasteiger partial charge in [-0.2, -0.15) is 0 Å². The van der Waals surface area contributed by atoms with Crippen LogP contribution in [-0.4, -0.2) is 13.1 Å². The molecule has 1 aromatic rings. The topological polar surface area (TPSA) is 12.0 Å². The second-order valence-electron chi connectivity index (χ2n) is 3.84. The van der Waals surface area contributed by atoms with Crippen LogP contribution in [-0.2, 0) is 0 Å². The van der Waals surface area contributed by atoms with E-state index in [-0.39, 0.29) is 5.92 Å². The molecule has 0 aliphatic carbocycles. The number of piperidine rings is 1. The van der Waals surface area contributed by atoms with Gasteiger partial charge >= 0.3 is 0 Å². The predicted octanol–water partition coefficient (Wildman–Crippen LogP) is 2.57. The lowest BCUT2D eigenvalue weighted by atomic mass is 9.91. The van der Waals surface area contributed by atoms with Gasteiger partial charge in [-0.05, 0) is 43.0 Å². The molecule has 4 heteroatoms. The number of nitrogens with one attached hydrogen (secondary N) is 1. The summed E-state index contributed by atoms with van der Waals surface area (Å²) in [5.41, 5.74) is 0.540. The van der Waals surface area contributed by atoms with Crippen molar-refractivity contribution in [1.29, 1.82) is 0 Å². The van der Waals surface area contributed by atoms with E-state index in [1.54, 1.807) is 0 Å². The van der Waals surface area contributed by atoms with Gasteiger partial charge in [0.25, 0.3) is 0 Å². The molecule has 1 nitrogen and oxygen atoms in total. The third kappa shape index (κ3) is 2.15. The molecule has 1 aliphatic rings. The first kappa shape index (κ1) is 10.5. The van der Waals surface area contributed by atoms with Gasteiger partial charge in [-0.3, -0.25) is 0 Å². The van der Waals surface area contributed by atoms with Crippen LogP contribution in [0, 0.1) is 17.5 Å². The molecule has 0 radical (unpaired) electrons. The molecule has 0 aromatic heterocycles. The molecule has 0 unspecified atom stereocenters. The van der Waals surface area contributed by atoms with Crippen LogP contribution in [0.3, 0.4) is 0 Å². The Kier molecular flexibility index (Phi) is 2.95. The lowest BCUT2D eigenvalue weighted by molar-refractivity contribution is 0.430. The van der Waals surface area contributed by atoms with Gasteiger partial charge in [0, 0.05) is 6.54 Å². The van der Waals surface area contributed by atoms with Crippen LogP contribution in [0.5, 0.6) is 0 Å². The van der Waals surface area contributed by atoms with E-state index in [1.165, 1.54) is 0 Å². The smallest absolute Gasteiger partial charge is 0.194 e. The number of rotatable bonds is 1. The molecule has 1 atom stereocenters. The molecule has 2 rings (SSSR count). The molecule has 1 saturated heterocycles. The monoisotopic (exact) mass is 215 g/mol. The van der Waals surface area contributed by atoms with Gasteiger partial charge in [0.05, 0.1) is 0 Å². The summed E-state index contributed by atoms with van der Waals surface area (Å²) in [7, 11) is 0. The predicted molar refractivity (Wildman–Crippen MR) is 51.2 cm³/mol. The maximum Gasteiger partial charge on any atom is 0.194 e. The van der Waals surface area contributed by atoms with Crippen LogP contribution in [0.25, 0.3) is 0 Å². The molecule has 1 aliphatic heterocycles. The van der Waals surface area contributed by atoms with E-state index in [9.17, 15) is 13.2 Å². The second kappa shape index (κ2) is 4.23. The van der Waals surface area contributed by atoms with Crippen molar-refractivity contribution in [2.45, 2.75) is 18.8 Å². The molecule has 1 N–H and O–H groups in total. The highest BCUT2D eigenvalue weighted by Crippen LogP contribution is 2.25. The molecule has 0 bridgehead atoms. The zero-order valence-corrected chi connectivity index (χ0v) is 8.19. The summed E-state index contributed by atoms with van der Waals surface area (Å²) in [6.07, 6.45) is 1.86. The Bertz CT molecular complexity index is 336.